The molecule has 0 bridgehead atoms. The first-order valence-corrected chi connectivity index (χ1v) is 7.62. The zero-order chi connectivity index (χ0) is 15.3. The summed E-state index contributed by atoms with van der Waals surface area (Å²) in [6, 6.07) is 8.26. The number of ether oxygens (including phenoxy) is 3. The molecule has 1 atom stereocenters. The maximum absolute atomic E-state index is 6.06. The summed E-state index contributed by atoms with van der Waals surface area (Å²) in [6.07, 6.45) is 3.98. The maximum atomic E-state index is 6.06. The van der Waals surface area contributed by atoms with Gasteiger partial charge in [0.25, 0.3) is 0 Å². The van der Waals surface area contributed by atoms with Crippen molar-refractivity contribution < 1.29 is 14.2 Å². The van der Waals surface area contributed by atoms with Crippen molar-refractivity contribution in [2.45, 2.75) is 37.4 Å². The van der Waals surface area contributed by atoms with Crippen LogP contribution < -0.4 is 10.5 Å². The molecule has 1 unspecified atom stereocenters. The van der Waals surface area contributed by atoms with Crippen LogP contribution in [0.3, 0.4) is 0 Å². The Bertz CT molecular complexity index is 435. The minimum atomic E-state index is -0.399. The van der Waals surface area contributed by atoms with Crippen molar-refractivity contribution in [1.82, 2.24) is 0 Å². The fraction of sp³-hybridized carbons (Fsp3) is 0.647. The molecule has 4 heteroatoms. The Morgan fingerprint density at radius 2 is 1.86 bits per heavy atom. The van der Waals surface area contributed by atoms with E-state index in [-0.39, 0.29) is 0 Å². The highest BCUT2D eigenvalue weighted by atomic mass is 16.7. The van der Waals surface area contributed by atoms with E-state index >= 15 is 0 Å². The fourth-order valence-corrected chi connectivity index (χ4v) is 3.45. The van der Waals surface area contributed by atoms with Crippen molar-refractivity contribution in [3.8, 4) is 5.75 Å². The molecule has 1 aliphatic carbocycles. The van der Waals surface area contributed by atoms with E-state index in [4.69, 9.17) is 19.9 Å². The minimum Gasteiger partial charge on any atom is -0.497 e. The predicted octanol–water partition coefficient (Wildman–Crippen LogP) is 2.92. The molecule has 4 nitrogen and oxygen atoms in total. The van der Waals surface area contributed by atoms with Crippen LogP contribution in [0.5, 0.6) is 5.75 Å². The fourth-order valence-electron chi connectivity index (χ4n) is 3.45. The van der Waals surface area contributed by atoms with Gasteiger partial charge in [0.05, 0.1) is 7.11 Å². The molecule has 0 spiro atoms. The Morgan fingerprint density at radius 3 is 2.38 bits per heavy atom. The lowest BCUT2D eigenvalue weighted by Gasteiger charge is -2.40. The maximum Gasteiger partial charge on any atom is 0.167 e. The number of hydrogen-bond acceptors (Lipinski definition) is 4. The van der Waals surface area contributed by atoms with Gasteiger partial charge in [-0.25, -0.2) is 0 Å². The van der Waals surface area contributed by atoms with Gasteiger partial charge in [0.1, 0.15) is 5.75 Å². The first-order chi connectivity index (χ1) is 10.2. The second kappa shape index (κ2) is 7.25. The molecule has 2 N–H and O–H groups in total. The quantitative estimate of drug-likeness (QED) is 0.819. The number of methoxy groups -OCH3 is 3. The van der Waals surface area contributed by atoms with E-state index in [2.05, 4.69) is 12.1 Å². The number of rotatable bonds is 6. The molecule has 0 amide bonds. The van der Waals surface area contributed by atoms with E-state index in [1.54, 1.807) is 21.3 Å². The molecule has 1 saturated carbocycles. The van der Waals surface area contributed by atoms with Crippen LogP contribution in [0.2, 0.25) is 0 Å². The van der Waals surface area contributed by atoms with Gasteiger partial charge in [0.15, 0.2) is 5.79 Å². The minimum absolute atomic E-state index is 0.367. The zero-order valence-corrected chi connectivity index (χ0v) is 13.3. The first kappa shape index (κ1) is 16.3. The van der Waals surface area contributed by atoms with Gasteiger partial charge in [-0.3, -0.25) is 0 Å². The lowest BCUT2D eigenvalue weighted by atomic mass is 9.75. The topological polar surface area (TPSA) is 53.7 Å². The zero-order valence-electron chi connectivity index (χ0n) is 13.3. The van der Waals surface area contributed by atoms with E-state index in [9.17, 15) is 0 Å². The first-order valence-electron chi connectivity index (χ1n) is 7.62. The van der Waals surface area contributed by atoms with Gasteiger partial charge in [0.2, 0.25) is 0 Å². The molecule has 0 saturated heterocycles. The largest absolute Gasteiger partial charge is 0.497 e. The van der Waals surface area contributed by atoms with Crippen LogP contribution in [-0.4, -0.2) is 33.7 Å². The molecule has 0 radical (unpaired) electrons. The van der Waals surface area contributed by atoms with Crippen molar-refractivity contribution in [3.63, 3.8) is 0 Å². The molecular formula is C17H27NO3. The highest BCUT2D eigenvalue weighted by Gasteiger charge is 2.37. The lowest BCUT2D eigenvalue weighted by molar-refractivity contribution is -0.228. The molecule has 2 rings (SSSR count). The van der Waals surface area contributed by atoms with Crippen molar-refractivity contribution in [2.75, 3.05) is 27.9 Å². The van der Waals surface area contributed by atoms with Gasteiger partial charge in [-0.1, -0.05) is 12.1 Å². The second-order valence-electron chi connectivity index (χ2n) is 5.78. The van der Waals surface area contributed by atoms with Crippen molar-refractivity contribution in [3.05, 3.63) is 29.8 Å². The molecule has 21 heavy (non-hydrogen) atoms. The van der Waals surface area contributed by atoms with Crippen LogP contribution in [0.1, 0.15) is 37.2 Å². The third-order valence-corrected chi connectivity index (χ3v) is 4.88. The third-order valence-electron chi connectivity index (χ3n) is 4.88. The van der Waals surface area contributed by atoms with Crippen LogP contribution in [0.15, 0.2) is 24.3 Å². The van der Waals surface area contributed by atoms with Crippen LogP contribution in [0, 0.1) is 5.92 Å². The van der Waals surface area contributed by atoms with Gasteiger partial charge in [-0.2, -0.15) is 0 Å². The molecule has 118 valence electrons. The molecule has 0 heterocycles. The summed E-state index contributed by atoms with van der Waals surface area (Å²) < 4.78 is 16.4. The molecule has 1 aliphatic rings. The van der Waals surface area contributed by atoms with Gasteiger partial charge >= 0.3 is 0 Å². The SMILES string of the molecule is COc1cccc(C(CN)C2CCC(OC)(OC)CC2)c1. The number of nitrogens with two attached hydrogens (primary N) is 1. The smallest absolute Gasteiger partial charge is 0.167 e. The molecular weight excluding hydrogens is 266 g/mol. The summed E-state index contributed by atoms with van der Waals surface area (Å²) in [6.45, 7) is 0.658. The van der Waals surface area contributed by atoms with Crippen LogP contribution >= 0.6 is 0 Å². The molecule has 1 fully saturated rings. The van der Waals surface area contributed by atoms with Gasteiger partial charge < -0.3 is 19.9 Å². The van der Waals surface area contributed by atoms with E-state index in [1.165, 1.54) is 5.56 Å². The number of hydrogen-bond donors (Lipinski definition) is 1. The Hall–Kier alpha value is -1.10. The van der Waals surface area contributed by atoms with E-state index in [0.29, 0.717) is 18.4 Å². The monoisotopic (exact) mass is 293 g/mol. The van der Waals surface area contributed by atoms with E-state index < -0.39 is 5.79 Å². The Labute approximate surface area is 127 Å². The predicted molar refractivity (Wildman–Crippen MR) is 83.5 cm³/mol. The van der Waals surface area contributed by atoms with Crippen molar-refractivity contribution >= 4 is 0 Å². The van der Waals surface area contributed by atoms with Crippen molar-refractivity contribution in [2.24, 2.45) is 11.7 Å². The van der Waals surface area contributed by atoms with Crippen molar-refractivity contribution in [1.29, 1.82) is 0 Å². The highest BCUT2D eigenvalue weighted by molar-refractivity contribution is 5.31. The van der Waals surface area contributed by atoms with E-state index in [0.717, 1.165) is 31.4 Å². The second-order valence-corrected chi connectivity index (χ2v) is 5.78. The standard InChI is InChI=1S/C17H27NO3/c1-19-15-6-4-5-14(11-15)16(12-18)13-7-9-17(20-2,21-3)10-8-13/h4-6,11,13,16H,7-10,12,18H2,1-3H3. The third kappa shape index (κ3) is 3.57. The van der Waals surface area contributed by atoms with Crippen LogP contribution in [-0.2, 0) is 9.47 Å². The molecule has 0 aromatic heterocycles. The van der Waals surface area contributed by atoms with Crippen LogP contribution in [0.25, 0.3) is 0 Å². The number of benzene rings is 1. The summed E-state index contributed by atoms with van der Waals surface area (Å²) in [5.74, 6) is 1.43. The average molecular weight is 293 g/mol. The molecule has 0 aliphatic heterocycles. The van der Waals surface area contributed by atoms with Crippen LogP contribution in [0.4, 0.5) is 0 Å². The lowest BCUT2D eigenvalue weighted by Crippen LogP contribution is -2.39. The Kier molecular flexibility index (Phi) is 5.62. The highest BCUT2D eigenvalue weighted by Crippen LogP contribution is 2.41. The summed E-state index contributed by atoms with van der Waals surface area (Å²) >= 11 is 0. The Balaban J connectivity index is 2.09. The van der Waals surface area contributed by atoms with E-state index in [1.807, 2.05) is 12.1 Å². The molecule has 1 aromatic rings. The normalized spacial score (nSPS) is 20.2. The van der Waals surface area contributed by atoms with Gasteiger partial charge in [0, 0.05) is 27.1 Å². The summed E-state index contributed by atoms with van der Waals surface area (Å²) in [5.41, 5.74) is 7.32. The summed E-state index contributed by atoms with van der Waals surface area (Å²) in [5, 5.41) is 0. The Morgan fingerprint density at radius 1 is 1.19 bits per heavy atom. The van der Waals surface area contributed by atoms with Gasteiger partial charge in [-0.15, -0.1) is 0 Å². The molecule has 1 aromatic carbocycles. The van der Waals surface area contributed by atoms with Gasteiger partial charge in [-0.05, 0) is 48.9 Å². The summed E-state index contributed by atoms with van der Waals surface area (Å²) in [4.78, 5) is 0. The average Bonchev–Trinajstić information content (AvgIpc) is 2.56. The summed E-state index contributed by atoms with van der Waals surface area (Å²) in [7, 11) is 5.15.